The van der Waals surface area contributed by atoms with Crippen LogP contribution in [0.5, 0.6) is 11.6 Å². The minimum Gasteiger partial charge on any atom is -0.494 e. The lowest BCUT2D eigenvalue weighted by Gasteiger charge is -2.15. The first-order valence-electron chi connectivity index (χ1n) is 10.7. The van der Waals surface area contributed by atoms with Crippen molar-refractivity contribution in [3.05, 3.63) is 95.1 Å². The normalized spacial score (nSPS) is 11.4. The molecule has 0 unspecified atom stereocenters. The van der Waals surface area contributed by atoms with E-state index in [9.17, 15) is 13.6 Å². The first kappa shape index (κ1) is 24.3. The largest absolute Gasteiger partial charge is 0.494 e. The highest BCUT2D eigenvalue weighted by molar-refractivity contribution is 5.98. The van der Waals surface area contributed by atoms with Crippen LogP contribution >= 0.6 is 0 Å². The molecule has 11 heteroatoms. The third kappa shape index (κ3) is 5.46. The Balaban J connectivity index is 1.75. The Labute approximate surface area is 204 Å². The number of rotatable bonds is 9. The molecule has 9 nitrogen and oxygen atoms in total. The Morgan fingerprint density at radius 1 is 1.14 bits per heavy atom. The zero-order valence-electron chi connectivity index (χ0n) is 19.4. The number of nitrogens with one attached hydrogen (secondary N) is 2. The highest BCUT2D eigenvalue weighted by Gasteiger charge is 2.16. The second-order valence-electron chi connectivity index (χ2n) is 7.52. The van der Waals surface area contributed by atoms with Crippen LogP contribution in [0, 0.1) is 5.41 Å². The van der Waals surface area contributed by atoms with E-state index in [1.54, 1.807) is 25.1 Å². The summed E-state index contributed by atoms with van der Waals surface area (Å²) in [5, 5.41) is 19.6. The Morgan fingerprint density at radius 2 is 1.92 bits per heavy atom. The van der Waals surface area contributed by atoms with Gasteiger partial charge in [-0.15, -0.1) is 0 Å². The summed E-state index contributed by atoms with van der Waals surface area (Å²) in [5.74, 6) is 0.213. The van der Waals surface area contributed by atoms with Crippen LogP contribution in [0.2, 0.25) is 0 Å². The maximum atomic E-state index is 12.8. The van der Waals surface area contributed by atoms with Gasteiger partial charge in [0.2, 0.25) is 11.3 Å². The van der Waals surface area contributed by atoms with Crippen LogP contribution in [0.3, 0.4) is 0 Å². The van der Waals surface area contributed by atoms with Gasteiger partial charge in [0.15, 0.2) is 5.69 Å². The smallest absolute Gasteiger partial charge is 0.388 e. The number of hydrogen-bond acceptors (Lipinski definition) is 7. The molecule has 0 radical (unpaired) electrons. The van der Waals surface area contributed by atoms with Gasteiger partial charge in [0.25, 0.3) is 0 Å². The van der Waals surface area contributed by atoms with E-state index in [1.165, 1.54) is 47.1 Å². The standard InChI is InChI=1S/C25H22F2N6O3/c1-16(28)14-19(30-17-6-4-3-5-7-17)24-21(34)11-13-32(31-24)20-9-8-18(15-22(20)35-2)33-23(10-12-29-33)36-25(26)27/h3-15,25,28,30H,1-2H3/b19-14-,28-16?. The summed E-state index contributed by atoms with van der Waals surface area (Å²) in [6.45, 7) is -1.40. The number of hydrogen-bond donors (Lipinski definition) is 2. The topological polar surface area (TPSA) is 107 Å². The molecule has 0 atom stereocenters. The van der Waals surface area contributed by atoms with Crippen LogP contribution in [0.25, 0.3) is 17.1 Å². The summed E-state index contributed by atoms with van der Waals surface area (Å²) >= 11 is 0. The third-order valence-corrected chi connectivity index (χ3v) is 4.95. The summed E-state index contributed by atoms with van der Waals surface area (Å²) in [5.41, 5.74) is 1.97. The Hall–Kier alpha value is -4.80. The van der Waals surface area contributed by atoms with E-state index in [1.807, 2.05) is 30.3 Å². The van der Waals surface area contributed by atoms with Crippen LogP contribution < -0.4 is 20.2 Å². The molecule has 0 saturated heterocycles. The molecule has 2 heterocycles. The quantitative estimate of drug-likeness (QED) is 0.333. The third-order valence-electron chi connectivity index (χ3n) is 4.95. The number of ether oxygens (including phenoxy) is 2. The van der Waals surface area contributed by atoms with Crippen molar-refractivity contribution in [1.29, 1.82) is 5.41 Å². The molecule has 0 aliphatic carbocycles. The molecule has 4 aromatic rings. The van der Waals surface area contributed by atoms with Gasteiger partial charge >= 0.3 is 6.61 Å². The number of anilines is 1. The Morgan fingerprint density at radius 3 is 2.61 bits per heavy atom. The summed E-state index contributed by atoms with van der Waals surface area (Å²) in [7, 11) is 1.45. The Bertz CT molecular complexity index is 1460. The van der Waals surface area contributed by atoms with E-state index >= 15 is 0 Å². The zero-order chi connectivity index (χ0) is 25.7. The number of benzene rings is 2. The van der Waals surface area contributed by atoms with E-state index in [0.717, 1.165) is 5.69 Å². The summed E-state index contributed by atoms with van der Waals surface area (Å²) in [6.07, 6.45) is 4.34. The molecular weight excluding hydrogens is 470 g/mol. The molecule has 0 bridgehead atoms. The average Bonchev–Trinajstić information content (AvgIpc) is 3.31. The average molecular weight is 492 g/mol. The van der Waals surface area contributed by atoms with Gasteiger partial charge in [0, 0.05) is 35.8 Å². The minimum atomic E-state index is -3.00. The first-order valence-corrected chi connectivity index (χ1v) is 10.7. The van der Waals surface area contributed by atoms with Crippen LogP contribution in [0.15, 0.2) is 83.9 Å². The van der Waals surface area contributed by atoms with Gasteiger partial charge in [-0.05, 0) is 37.3 Å². The lowest BCUT2D eigenvalue weighted by atomic mass is 10.2. The predicted octanol–water partition coefficient (Wildman–Crippen LogP) is 4.52. The fourth-order valence-electron chi connectivity index (χ4n) is 3.44. The van der Waals surface area contributed by atoms with E-state index in [4.69, 9.17) is 10.1 Å². The van der Waals surface area contributed by atoms with Gasteiger partial charge in [0.1, 0.15) is 11.4 Å². The van der Waals surface area contributed by atoms with Gasteiger partial charge in [-0.1, -0.05) is 18.2 Å². The second-order valence-corrected chi connectivity index (χ2v) is 7.52. The number of methoxy groups -OCH3 is 1. The van der Waals surface area contributed by atoms with Crippen LogP contribution in [0.4, 0.5) is 14.5 Å². The zero-order valence-corrected chi connectivity index (χ0v) is 19.4. The lowest BCUT2D eigenvalue weighted by molar-refractivity contribution is -0.0544. The number of alkyl halides is 2. The molecule has 0 fully saturated rings. The molecule has 36 heavy (non-hydrogen) atoms. The summed E-state index contributed by atoms with van der Waals surface area (Å²) in [4.78, 5) is 12.8. The van der Waals surface area contributed by atoms with Crippen molar-refractivity contribution in [2.24, 2.45) is 0 Å². The number of para-hydroxylation sites is 1. The van der Waals surface area contributed by atoms with E-state index in [-0.39, 0.29) is 22.7 Å². The van der Waals surface area contributed by atoms with Crippen LogP contribution in [-0.2, 0) is 0 Å². The molecule has 184 valence electrons. The molecule has 0 aliphatic heterocycles. The van der Waals surface area contributed by atoms with Crippen LogP contribution in [-0.4, -0.2) is 39.0 Å². The summed E-state index contributed by atoms with van der Waals surface area (Å²) in [6, 6.07) is 16.8. The molecular formula is C25H22F2N6O3. The number of nitrogens with zero attached hydrogens (tertiary/aromatic N) is 4. The van der Waals surface area contributed by atoms with Gasteiger partial charge in [-0.2, -0.15) is 19.0 Å². The lowest BCUT2D eigenvalue weighted by Crippen LogP contribution is -2.19. The van der Waals surface area contributed by atoms with Crippen molar-refractivity contribution >= 4 is 17.1 Å². The van der Waals surface area contributed by atoms with Gasteiger partial charge in [-0.3, -0.25) is 4.79 Å². The fourth-order valence-corrected chi connectivity index (χ4v) is 3.44. The molecule has 2 aromatic carbocycles. The highest BCUT2D eigenvalue weighted by Crippen LogP contribution is 2.28. The van der Waals surface area contributed by atoms with Crippen molar-refractivity contribution in [3.8, 4) is 23.0 Å². The van der Waals surface area contributed by atoms with Gasteiger partial charge < -0.3 is 20.2 Å². The van der Waals surface area contributed by atoms with Gasteiger partial charge in [0.05, 0.1) is 24.7 Å². The summed E-state index contributed by atoms with van der Waals surface area (Å²) < 4.78 is 38.1. The molecule has 2 aromatic heterocycles. The molecule has 0 amide bonds. The number of halogens is 2. The van der Waals surface area contributed by atoms with E-state index in [2.05, 4.69) is 20.3 Å². The van der Waals surface area contributed by atoms with Crippen LogP contribution in [0.1, 0.15) is 12.6 Å². The van der Waals surface area contributed by atoms with Crippen molar-refractivity contribution in [2.75, 3.05) is 12.4 Å². The number of allylic oxidation sites excluding steroid dienone is 1. The maximum Gasteiger partial charge on any atom is 0.388 e. The first-order chi connectivity index (χ1) is 17.4. The molecule has 4 rings (SSSR count). The monoisotopic (exact) mass is 492 g/mol. The molecule has 2 N–H and O–H groups in total. The van der Waals surface area contributed by atoms with E-state index in [0.29, 0.717) is 22.8 Å². The van der Waals surface area contributed by atoms with E-state index < -0.39 is 6.61 Å². The van der Waals surface area contributed by atoms with Crippen molar-refractivity contribution < 1.29 is 18.3 Å². The molecule has 0 aliphatic rings. The van der Waals surface area contributed by atoms with Crippen molar-refractivity contribution in [2.45, 2.75) is 13.5 Å². The van der Waals surface area contributed by atoms with Gasteiger partial charge in [-0.25, -0.2) is 9.36 Å². The molecule has 0 spiro atoms. The van der Waals surface area contributed by atoms with Crippen molar-refractivity contribution in [1.82, 2.24) is 19.6 Å². The number of aromatic nitrogens is 4. The Kier molecular flexibility index (Phi) is 7.19. The fraction of sp³-hybridized carbons (Fsp3) is 0.120. The second kappa shape index (κ2) is 10.6. The van der Waals surface area contributed by atoms with Crippen molar-refractivity contribution in [3.63, 3.8) is 0 Å². The maximum absolute atomic E-state index is 12.8. The minimum absolute atomic E-state index is 0.0961. The highest BCUT2D eigenvalue weighted by atomic mass is 19.3. The SMILES string of the molecule is COc1cc(-n2nccc2OC(F)F)ccc1-n1ccc(=O)c(/C(=C/C(C)=N)Nc2ccccc2)n1. The predicted molar refractivity (Wildman–Crippen MR) is 132 cm³/mol. The molecule has 0 saturated carbocycles.